The number of nitrogens with two attached hydrogens (primary N) is 1. The molecule has 1 unspecified atom stereocenters. The Morgan fingerprint density at radius 3 is 2.68 bits per heavy atom. The first-order valence-corrected chi connectivity index (χ1v) is 6.53. The van der Waals surface area contributed by atoms with E-state index in [0.29, 0.717) is 11.6 Å². The minimum atomic E-state index is -0.267. The molecular weight excluding hydrogens is 308 g/mol. The average Bonchev–Trinajstić information content (AvgIpc) is 2.42. The molecule has 100 valence electrons. The number of benzene rings is 1. The molecule has 6 heteroatoms. The number of hydrogen-bond donors (Lipinski definition) is 2. The van der Waals surface area contributed by atoms with Crippen LogP contribution in [0.4, 0.5) is 0 Å². The van der Waals surface area contributed by atoms with Crippen LogP contribution >= 0.6 is 15.9 Å². The Morgan fingerprint density at radius 1 is 1.32 bits per heavy atom. The maximum Gasteiger partial charge on any atom is 0.237 e. The number of methoxy groups -OCH3 is 1. The minimum absolute atomic E-state index is 0.267. The third-order valence-corrected chi connectivity index (χ3v) is 3.36. The van der Waals surface area contributed by atoms with Gasteiger partial charge in [0.25, 0.3) is 0 Å². The van der Waals surface area contributed by atoms with Crippen LogP contribution in [0, 0.1) is 6.92 Å². The number of nitrogens with one attached hydrogen (secondary N) is 1. The second kappa shape index (κ2) is 6.10. The highest BCUT2D eigenvalue weighted by molar-refractivity contribution is 9.10. The Hall–Kier alpha value is -1.50. The van der Waals surface area contributed by atoms with Crippen LogP contribution in [0.1, 0.15) is 22.9 Å². The molecule has 2 aromatic rings. The Bertz CT molecular complexity index is 576. The first kappa shape index (κ1) is 13.9. The maximum absolute atomic E-state index is 5.68. The van der Waals surface area contributed by atoms with Gasteiger partial charge in [0.2, 0.25) is 5.88 Å². The smallest absolute Gasteiger partial charge is 0.237 e. The summed E-state index contributed by atoms with van der Waals surface area (Å²) in [6.07, 6.45) is 3.21. The van der Waals surface area contributed by atoms with E-state index < -0.39 is 0 Å². The Kier molecular flexibility index (Phi) is 4.47. The van der Waals surface area contributed by atoms with Crippen LogP contribution in [-0.4, -0.2) is 17.1 Å². The Morgan fingerprint density at radius 2 is 2.05 bits per heavy atom. The van der Waals surface area contributed by atoms with Crippen molar-refractivity contribution in [3.8, 4) is 5.88 Å². The lowest BCUT2D eigenvalue weighted by atomic mass is 9.99. The molecule has 0 saturated heterocycles. The lowest BCUT2D eigenvalue weighted by Gasteiger charge is -2.19. The number of aryl methyl sites for hydroxylation is 1. The van der Waals surface area contributed by atoms with Crippen molar-refractivity contribution in [2.24, 2.45) is 5.84 Å². The highest BCUT2D eigenvalue weighted by atomic mass is 79.9. The Labute approximate surface area is 120 Å². The van der Waals surface area contributed by atoms with E-state index >= 15 is 0 Å². The van der Waals surface area contributed by atoms with Gasteiger partial charge in [-0.3, -0.25) is 10.8 Å². The molecule has 0 aliphatic rings. The number of ether oxygens (including phenoxy) is 1. The molecule has 1 heterocycles. The minimum Gasteiger partial charge on any atom is -0.480 e. The Balaban J connectivity index is 2.50. The summed E-state index contributed by atoms with van der Waals surface area (Å²) in [5, 5.41) is 0. The number of hydrazine groups is 1. The van der Waals surface area contributed by atoms with Crippen LogP contribution in [0.3, 0.4) is 0 Å². The molecule has 0 bridgehead atoms. The van der Waals surface area contributed by atoms with E-state index in [1.165, 1.54) is 0 Å². The van der Waals surface area contributed by atoms with Gasteiger partial charge in [-0.15, -0.1) is 0 Å². The summed E-state index contributed by atoms with van der Waals surface area (Å²) in [5.74, 6) is 6.15. The highest BCUT2D eigenvalue weighted by Crippen LogP contribution is 2.29. The molecule has 19 heavy (non-hydrogen) atoms. The van der Waals surface area contributed by atoms with Crippen molar-refractivity contribution in [1.82, 2.24) is 15.4 Å². The zero-order valence-electron chi connectivity index (χ0n) is 10.7. The summed E-state index contributed by atoms with van der Waals surface area (Å²) in [6, 6.07) is 5.73. The number of rotatable bonds is 4. The van der Waals surface area contributed by atoms with Crippen LogP contribution in [0.15, 0.2) is 35.1 Å². The van der Waals surface area contributed by atoms with E-state index in [4.69, 9.17) is 10.6 Å². The SMILES string of the molecule is COc1nccnc1C(NN)c1ccc(Br)cc1C. The van der Waals surface area contributed by atoms with E-state index in [1.54, 1.807) is 19.5 Å². The van der Waals surface area contributed by atoms with Crippen LogP contribution < -0.4 is 16.0 Å². The van der Waals surface area contributed by atoms with E-state index in [0.717, 1.165) is 15.6 Å². The van der Waals surface area contributed by atoms with Gasteiger partial charge < -0.3 is 4.74 Å². The molecule has 0 aliphatic heterocycles. The molecule has 5 nitrogen and oxygen atoms in total. The molecular formula is C13H15BrN4O. The maximum atomic E-state index is 5.68. The van der Waals surface area contributed by atoms with Crippen LogP contribution in [0.5, 0.6) is 5.88 Å². The standard InChI is InChI=1S/C13H15BrN4O/c1-8-7-9(14)3-4-10(8)11(18-15)12-13(19-2)17-6-5-16-12/h3-7,11,18H,15H2,1-2H3. The van der Waals surface area contributed by atoms with Gasteiger partial charge in [-0.25, -0.2) is 10.4 Å². The fourth-order valence-corrected chi connectivity index (χ4v) is 2.45. The molecule has 2 rings (SSSR count). The summed E-state index contributed by atoms with van der Waals surface area (Å²) in [7, 11) is 1.57. The lowest BCUT2D eigenvalue weighted by molar-refractivity contribution is 0.383. The average molecular weight is 323 g/mol. The predicted molar refractivity (Wildman–Crippen MR) is 76.6 cm³/mol. The van der Waals surface area contributed by atoms with Gasteiger partial charge in [0.1, 0.15) is 5.69 Å². The molecule has 0 aliphatic carbocycles. The molecule has 3 N–H and O–H groups in total. The molecule has 1 aromatic heterocycles. The largest absolute Gasteiger partial charge is 0.480 e. The normalized spacial score (nSPS) is 12.2. The number of halogens is 1. The fourth-order valence-electron chi connectivity index (χ4n) is 1.97. The van der Waals surface area contributed by atoms with Crippen molar-refractivity contribution in [2.75, 3.05) is 7.11 Å². The van der Waals surface area contributed by atoms with Crippen molar-refractivity contribution in [3.05, 3.63) is 51.9 Å². The van der Waals surface area contributed by atoms with Crippen molar-refractivity contribution < 1.29 is 4.74 Å². The van der Waals surface area contributed by atoms with E-state index in [2.05, 4.69) is 31.3 Å². The molecule has 1 aromatic carbocycles. The van der Waals surface area contributed by atoms with Crippen molar-refractivity contribution >= 4 is 15.9 Å². The van der Waals surface area contributed by atoms with Gasteiger partial charge in [-0.05, 0) is 30.2 Å². The van der Waals surface area contributed by atoms with Crippen molar-refractivity contribution in [1.29, 1.82) is 0 Å². The van der Waals surface area contributed by atoms with Crippen LogP contribution in [0.2, 0.25) is 0 Å². The fraction of sp³-hybridized carbons (Fsp3) is 0.231. The zero-order valence-corrected chi connectivity index (χ0v) is 12.3. The molecule has 1 atom stereocenters. The van der Waals surface area contributed by atoms with Crippen LogP contribution in [0.25, 0.3) is 0 Å². The van der Waals surface area contributed by atoms with Gasteiger partial charge in [0.15, 0.2) is 0 Å². The van der Waals surface area contributed by atoms with E-state index in [9.17, 15) is 0 Å². The molecule has 0 radical (unpaired) electrons. The number of nitrogens with zero attached hydrogens (tertiary/aromatic N) is 2. The summed E-state index contributed by atoms with van der Waals surface area (Å²) < 4.78 is 6.26. The monoisotopic (exact) mass is 322 g/mol. The molecule has 0 saturated carbocycles. The number of hydrogen-bond acceptors (Lipinski definition) is 5. The van der Waals surface area contributed by atoms with Gasteiger partial charge >= 0.3 is 0 Å². The number of aromatic nitrogens is 2. The third-order valence-electron chi connectivity index (χ3n) is 2.87. The molecule has 0 amide bonds. The highest BCUT2D eigenvalue weighted by Gasteiger charge is 2.20. The quantitative estimate of drug-likeness (QED) is 0.666. The van der Waals surface area contributed by atoms with Gasteiger partial charge in [0, 0.05) is 16.9 Å². The van der Waals surface area contributed by atoms with Crippen molar-refractivity contribution in [3.63, 3.8) is 0 Å². The first-order chi connectivity index (χ1) is 9.17. The van der Waals surface area contributed by atoms with Crippen LogP contribution in [-0.2, 0) is 0 Å². The van der Waals surface area contributed by atoms with E-state index in [1.807, 2.05) is 25.1 Å². The lowest BCUT2D eigenvalue weighted by Crippen LogP contribution is -2.30. The molecule has 0 fully saturated rings. The van der Waals surface area contributed by atoms with Gasteiger partial charge in [0.05, 0.1) is 13.2 Å². The predicted octanol–water partition coefficient (Wildman–Crippen LogP) is 2.11. The van der Waals surface area contributed by atoms with Gasteiger partial charge in [-0.1, -0.05) is 22.0 Å². The summed E-state index contributed by atoms with van der Waals surface area (Å²) in [5.41, 5.74) is 5.57. The third kappa shape index (κ3) is 2.91. The second-order valence-corrected chi connectivity index (χ2v) is 4.97. The zero-order chi connectivity index (χ0) is 13.8. The summed E-state index contributed by atoms with van der Waals surface area (Å²) in [4.78, 5) is 8.47. The topological polar surface area (TPSA) is 73.1 Å². The van der Waals surface area contributed by atoms with E-state index in [-0.39, 0.29) is 6.04 Å². The summed E-state index contributed by atoms with van der Waals surface area (Å²) >= 11 is 3.45. The van der Waals surface area contributed by atoms with Gasteiger partial charge in [-0.2, -0.15) is 0 Å². The first-order valence-electron chi connectivity index (χ1n) is 5.74. The molecule has 0 spiro atoms. The van der Waals surface area contributed by atoms with Crippen molar-refractivity contribution in [2.45, 2.75) is 13.0 Å². The second-order valence-electron chi connectivity index (χ2n) is 4.05. The summed E-state index contributed by atoms with van der Waals surface area (Å²) in [6.45, 7) is 2.02.